The maximum Gasteiger partial charge on any atom is 0.417 e. The molecule has 0 aromatic heterocycles. The molecule has 1 aromatic carbocycles. The first-order valence-electron chi connectivity index (χ1n) is 6.17. The number of benzene rings is 1. The number of alkyl halides is 3. The van der Waals surface area contributed by atoms with Crippen LogP contribution in [-0.4, -0.2) is 18.5 Å². The Morgan fingerprint density at radius 3 is 2.32 bits per heavy atom. The Kier molecular flexibility index (Phi) is 3.67. The van der Waals surface area contributed by atoms with Gasteiger partial charge >= 0.3 is 6.18 Å². The zero-order valence-electron chi connectivity index (χ0n) is 10.6. The summed E-state index contributed by atoms with van der Waals surface area (Å²) in [7, 11) is 1.39. The highest BCUT2D eigenvalue weighted by Crippen LogP contribution is 2.39. The van der Waals surface area contributed by atoms with E-state index in [1.165, 1.54) is 25.3 Å². The van der Waals surface area contributed by atoms with E-state index in [1.54, 1.807) is 0 Å². The molecule has 0 radical (unpaired) electrons. The van der Waals surface area contributed by atoms with Crippen molar-refractivity contribution in [2.45, 2.75) is 37.5 Å². The van der Waals surface area contributed by atoms with Crippen molar-refractivity contribution in [1.82, 2.24) is 0 Å². The Balaban J connectivity index is 2.45. The van der Waals surface area contributed by atoms with Gasteiger partial charge in [-0.05, 0) is 31.7 Å². The zero-order valence-corrected chi connectivity index (χ0v) is 10.6. The molecule has 1 fully saturated rings. The summed E-state index contributed by atoms with van der Waals surface area (Å²) in [5.41, 5.74) is -2.26. The summed E-state index contributed by atoms with van der Waals surface area (Å²) < 4.78 is 44.1. The Morgan fingerprint density at radius 2 is 1.79 bits per heavy atom. The third kappa shape index (κ3) is 2.52. The van der Waals surface area contributed by atoms with Gasteiger partial charge in [-0.2, -0.15) is 13.2 Å². The number of methoxy groups -OCH3 is 1. The molecule has 0 heterocycles. The largest absolute Gasteiger partial charge is 0.417 e. The van der Waals surface area contributed by atoms with Crippen molar-refractivity contribution < 1.29 is 22.7 Å². The van der Waals surface area contributed by atoms with Crippen LogP contribution in [0.2, 0.25) is 0 Å². The van der Waals surface area contributed by atoms with E-state index in [0.717, 1.165) is 18.9 Å². The number of Topliss-reactive ketones (excluding diaryl/α,β-unsaturated/α-hetero) is 1. The van der Waals surface area contributed by atoms with Gasteiger partial charge in [0.15, 0.2) is 5.78 Å². The monoisotopic (exact) mass is 272 g/mol. The van der Waals surface area contributed by atoms with Gasteiger partial charge in [0.25, 0.3) is 0 Å². The first-order chi connectivity index (χ1) is 8.91. The number of ketones is 1. The van der Waals surface area contributed by atoms with E-state index in [4.69, 9.17) is 4.74 Å². The highest BCUT2D eigenvalue weighted by molar-refractivity contribution is 6.04. The molecule has 0 N–H and O–H groups in total. The molecule has 0 spiro atoms. The molecule has 0 bridgehead atoms. The third-order valence-electron chi connectivity index (χ3n) is 3.69. The van der Waals surface area contributed by atoms with Crippen molar-refractivity contribution in [2.75, 3.05) is 7.11 Å². The minimum atomic E-state index is -4.53. The van der Waals surface area contributed by atoms with E-state index in [-0.39, 0.29) is 5.56 Å². The normalized spacial score (nSPS) is 18.5. The molecule has 0 atom stereocenters. The fraction of sp³-hybridized carbons (Fsp3) is 0.500. The summed E-state index contributed by atoms with van der Waals surface area (Å²) in [6, 6.07) is 4.89. The highest BCUT2D eigenvalue weighted by atomic mass is 19.4. The highest BCUT2D eigenvalue weighted by Gasteiger charge is 2.45. The molecule has 0 amide bonds. The molecule has 1 saturated carbocycles. The lowest BCUT2D eigenvalue weighted by molar-refractivity contribution is -0.138. The van der Waals surface area contributed by atoms with Gasteiger partial charge in [0.05, 0.1) is 5.56 Å². The van der Waals surface area contributed by atoms with Gasteiger partial charge in [-0.1, -0.05) is 18.2 Å². The van der Waals surface area contributed by atoms with Crippen molar-refractivity contribution >= 4 is 5.78 Å². The Morgan fingerprint density at radius 1 is 1.21 bits per heavy atom. The summed E-state index contributed by atoms with van der Waals surface area (Å²) in [4.78, 5) is 12.4. The second-order valence-corrected chi connectivity index (χ2v) is 4.78. The SMILES string of the molecule is COC1(C(=O)c2ccccc2C(F)(F)F)CCCC1. The molecule has 0 unspecified atom stereocenters. The second-order valence-electron chi connectivity index (χ2n) is 4.78. The minimum Gasteiger partial charge on any atom is -0.370 e. The molecule has 2 rings (SSSR count). The lowest BCUT2D eigenvalue weighted by Crippen LogP contribution is -2.38. The van der Waals surface area contributed by atoms with Gasteiger partial charge in [0, 0.05) is 12.7 Å². The van der Waals surface area contributed by atoms with Crippen LogP contribution in [0.25, 0.3) is 0 Å². The fourth-order valence-corrected chi connectivity index (χ4v) is 2.64. The van der Waals surface area contributed by atoms with Gasteiger partial charge in [0.2, 0.25) is 0 Å². The molecule has 5 heteroatoms. The summed E-state index contributed by atoms with van der Waals surface area (Å²) >= 11 is 0. The minimum absolute atomic E-state index is 0.293. The lowest BCUT2D eigenvalue weighted by atomic mass is 9.88. The van der Waals surface area contributed by atoms with Crippen LogP contribution in [0, 0.1) is 0 Å². The van der Waals surface area contributed by atoms with Crippen LogP contribution in [0.5, 0.6) is 0 Å². The predicted octanol–water partition coefficient (Wildman–Crippen LogP) is 3.85. The van der Waals surface area contributed by atoms with Gasteiger partial charge in [-0.15, -0.1) is 0 Å². The van der Waals surface area contributed by atoms with Crippen LogP contribution in [-0.2, 0) is 10.9 Å². The quantitative estimate of drug-likeness (QED) is 0.781. The molecular weight excluding hydrogens is 257 g/mol. The van der Waals surface area contributed by atoms with Gasteiger partial charge in [-0.3, -0.25) is 4.79 Å². The fourth-order valence-electron chi connectivity index (χ4n) is 2.64. The van der Waals surface area contributed by atoms with Crippen LogP contribution < -0.4 is 0 Å². The number of carbonyl (C=O) groups is 1. The summed E-state index contributed by atoms with van der Waals surface area (Å²) in [6.45, 7) is 0. The topological polar surface area (TPSA) is 26.3 Å². The van der Waals surface area contributed by atoms with Crippen LogP contribution in [0.15, 0.2) is 24.3 Å². The maximum absolute atomic E-state index is 12.9. The predicted molar refractivity (Wildman–Crippen MR) is 64.0 cm³/mol. The molecule has 1 aliphatic rings. The van der Waals surface area contributed by atoms with Crippen molar-refractivity contribution in [3.05, 3.63) is 35.4 Å². The van der Waals surface area contributed by atoms with Crippen LogP contribution in [0.4, 0.5) is 13.2 Å². The lowest BCUT2D eigenvalue weighted by Gasteiger charge is -2.27. The number of carbonyl (C=O) groups excluding carboxylic acids is 1. The van der Waals surface area contributed by atoms with E-state index in [9.17, 15) is 18.0 Å². The van der Waals surface area contributed by atoms with Crippen molar-refractivity contribution in [1.29, 1.82) is 0 Å². The molecule has 0 aliphatic heterocycles. The van der Waals surface area contributed by atoms with E-state index < -0.39 is 23.1 Å². The molecule has 0 saturated heterocycles. The van der Waals surface area contributed by atoms with Crippen LogP contribution in [0.3, 0.4) is 0 Å². The number of hydrogen-bond donors (Lipinski definition) is 0. The van der Waals surface area contributed by atoms with Crippen molar-refractivity contribution in [3.63, 3.8) is 0 Å². The van der Waals surface area contributed by atoms with Crippen molar-refractivity contribution in [2.24, 2.45) is 0 Å². The molecule has 2 nitrogen and oxygen atoms in total. The summed E-state index contributed by atoms with van der Waals surface area (Å²) in [5.74, 6) is -0.555. The summed E-state index contributed by atoms with van der Waals surface area (Å²) in [6.07, 6.45) is -1.97. The molecule has 19 heavy (non-hydrogen) atoms. The number of rotatable bonds is 3. The molecule has 1 aromatic rings. The number of hydrogen-bond acceptors (Lipinski definition) is 2. The second kappa shape index (κ2) is 4.96. The van der Waals surface area contributed by atoms with E-state index in [0.29, 0.717) is 12.8 Å². The van der Waals surface area contributed by atoms with Gasteiger partial charge < -0.3 is 4.74 Å². The molecular formula is C14H15F3O2. The van der Waals surface area contributed by atoms with Crippen molar-refractivity contribution in [3.8, 4) is 0 Å². The first kappa shape index (κ1) is 14.1. The Bertz CT molecular complexity index is 474. The Labute approximate surface area is 109 Å². The summed E-state index contributed by atoms with van der Waals surface area (Å²) in [5, 5.41) is 0. The average molecular weight is 272 g/mol. The molecule has 1 aliphatic carbocycles. The van der Waals surface area contributed by atoms with E-state index in [2.05, 4.69) is 0 Å². The smallest absolute Gasteiger partial charge is 0.370 e. The van der Waals surface area contributed by atoms with E-state index in [1.807, 2.05) is 0 Å². The third-order valence-corrected chi connectivity index (χ3v) is 3.69. The van der Waals surface area contributed by atoms with E-state index >= 15 is 0 Å². The first-order valence-corrected chi connectivity index (χ1v) is 6.17. The number of ether oxygens (including phenoxy) is 1. The van der Waals surface area contributed by atoms with Crippen LogP contribution >= 0.6 is 0 Å². The average Bonchev–Trinajstić information content (AvgIpc) is 2.87. The number of halogens is 3. The molecule has 104 valence electrons. The van der Waals surface area contributed by atoms with Crippen LogP contribution in [0.1, 0.15) is 41.6 Å². The zero-order chi connectivity index (χ0) is 14.1. The maximum atomic E-state index is 12.9. The van der Waals surface area contributed by atoms with Gasteiger partial charge in [0.1, 0.15) is 5.60 Å². The Hall–Kier alpha value is -1.36. The standard InChI is InChI=1S/C14H15F3O2/c1-19-13(8-4-5-9-13)12(18)10-6-2-3-7-11(10)14(15,16)17/h2-3,6-7H,4-5,8-9H2,1H3. The van der Waals surface area contributed by atoms with Gasteiger partial charge in [-0.25, -0.2) is 0 Å².